The van der Waals surface area contributed by atoms with Gasteiger partial charge in [0.05, 0.1) is 6.54 Å². The number of rotatable bonds is 9. The summed E-state index contributed by atoms with van der Waals surface area (Å²) in [6.45, 7) is 4.17. The van der Waals surface area contributed by atoms with Crippen LogP contribution in [0, 0.1) is 0 Å². The Morgan fingerprint density at radius 2 is 1.80 bits per heavy atom. The van der Waals surface area contributed by atoms with Gasteiger partial charge in [0, 0.05) is 6.54 Å². The Balaban J connectivity index is 1.46. The number of unbranched alkanes of at least 4 members (excludes halogenated alkanes) is 1. The molecule has 0 bridgehead atoms. The summed E-state index contributed by atoms with van der Waals surface area (Å²) in [7, 11) is 0. The van der Waals surface area contributed by atoms with Crippen LogP contribution in [0.4, 0.5) is 5.95 Å². The first-order valence-electron chi connectivity index (χ1n) is 8.61. The van der Waals surface area contributed by atoms with Crippen molar-refractivity contribution >= 4 is 5.95 Å². The first-order valence-corrected chi connectivity index (χ1v) is 8.61. The second-order valence-electron chi connectivity index (χ2n) is 5.83. The van der Waals surface area contributed by atoms with Crippen LogP contribution in [0.2, 0.25) is 0 Å². The summed E-state index contributed by atoms with van der Waals surface area (Å²) in [4.78, 5) is 1.63. The number of hydrogen-bond donors (Lipinski definition) is 1. The van der Waals surface area contributed by atoms with Crippen molar-refractivity contribution in [2.24, 2.45) is 0 Å². The number of hydrogen-bond acceptors (Lipinski definition) is 5. The quantitative estimate of drug-likeness (QED) is 0.645. The minimum atomic E-state index is 0.556. The van der Waals surface area contributed by atoms with E-state index in [1.165, 1.54) is 0 Å². The number of ether oxygens (including phenoxy) is 1. The van der Waals surface area contributed by atoms with Gasteiger partial charge in [0.2, 0.25) is 0 Å². The number of nitrogens with one attached hydrogen (secondary N) is 1. The molecule has 0 aliphatic rings. The molecule has 0 amide bonds. The molecule has 0 radical (unpaired) electrons. The molecule has 0 fully saturated rings. The molecule has 1 aromatic heterocycles. The highest BCUT2D eigenvalue weighted by Gasteiger charge is 2.02. The van der Waals surface area contributed by atoms with Crippen molar-refractivity contribution in [2.75, 3.05) is 5.32 Å². The van der Waals surface area contributed by atoms with Gasteiger partial charge in [-0.3, -0.25) is 0 Å². The Labute approximate surface area is 147 Å². The number of anilines is 1. The van der Waals surface area contributed by atoms with Gasteiger partial charge >= 0.3 is 0 Å². The molecule has 25 heavy (non-hydrogen) atoms. The summed E-state index contributed by atoms with van der Waals surface area (Å²) in [6.07, 6.45) is 2.17. The van der Waals surface area contributed by atoms with E-state index < -0.39 is 0 Å². The minimum Gasteiger partial charge on any atom is -0.489 e. The van der Waals surface area contributed by atoms with Crippen LogP contribution in [0.3, 0.4) is 0 Å². The van der Waals surface area contributed by atoms with Gasteiger partial charge in [0.15, 0.2) is 0 Å². The van der Waals surface area contributed by atoms with Crippen molar-refractivity contribution in [1.29, 1.82) is 0 Å². The maximum absolute atomic E-state index is 5.79. The molecule has 0 unspecified atom stereocenters. The fourth-order valence-electron chi connectivity index (χ4n) is 2.33. The normalized spacial score (nSPS) is 10.6. The summed E-state index contributed by atoms with van der Waals surface area (Å²) in [5.74, 6) is 1.41. The lowest BCUT2D eigenvalue weighted by Gasteiger charge is -2.07. The maximum Gasteiger partial charge on any atom is 0.263 e. The lowest BCUT2D eigenvalue weighted by molar-refractivity contribution is 0.306. The molecule has 3 rings (SSSR count). The average molecular weight is 337 g/mol. The summed E-state index contributed by atoms with van der Waals surface area (Å²) in [5.41, 5.74) is 2.29. The lowest BCUT2D eigenvalue weighted by atomic mass is 10.2. The summed E-state index contributed by atoms with van der Waals surface area (Å²) >= 11 is 0. The second-order valence-corrected chi connectivity index (χ2v) is 5.83. The molecule has 6 nitrogen and oxygen atoms in total. The van der Waals surface area contributed by atoms with Crippen molar-refractivity contribution in [3.63, 3.8) is 0 Å². The highest BCUT2D eigenvalue weighted by atomic mass is 16.5. The summed E-state index contributed by atoms with van der Waals surface area (Å²) in [6, 6.07) is 18.2. The molecule has 2 aromatic carbocycles. The van der Waals surface area contributed by atoms with Crippen LogP contribution >= 0.6 is 0 Å². The van der Waals surface area contributed by atoms with Crippen LogP contribution in [0.1, 0.15) is 30.9 Å². The molecule has 3 aromatic rings. The standard InChI is InChI=1S/C19H23N5O/c1-2-3-13-24-22-19(21-23-24)20-14-16-9-11-18(12-10-16)25-15-17-7-5-4-6-8-17/h4-12H,2-3,13-15H2,1H3,(H,20,22). The van der Waals surface area contributed by atoms with Gasteiger partial charge in [-0.05, 0) is 34.9 Å². The highest BCUT2D eigenvalue weighted by molar-refractivity contribution is 5.30. The van der Waals surface area contributed by atoms with E-state index in [9.17, 15) is 0 Å². The first kappa shape index (κ1) is 17.0. The van der Waals surface area contributed by atoms with E-state index in [0.717, 1.165) is 36.3 Å². The monoisotopic (exact) mass is 337 g/mol. The number of benzene rings is 2. The van der Waals surface area contributed by atoms with E-state index in [2.05, 4.69) is 39.8 Å². The van der Waals surface area contributed by atoms with Crippen molar-refractivity contribution in [3.05, 3.63) is 65.7 Å². The molecule has 0 spiro atoms. The van der Waals surface area contributed by atoms with E-state index in [-0.39, 0.29) is 0 Å². The summed E-state index contributed by atoms with van der Waals surface area (Å²) in [5, 5.41) is 15.5. The van der Waals surface area contributed by atoms with Gasteiger partial charge in [0.1, 0.15) is 12.4 Å². The zero-order valence-electron chi connectivity index (χ0n) is 14.4. The van der Waals surface area contributed by atoms with Crippen molar-refractivity contribution in [2.45, 2.75) is 39.5 Å². The smallest absolute Gasteiger partial charge is 0.263 e. The van der Waals surface area contributed by atoms with E-state index in [1.54, 1.807) is 4.80 Å². The maximum atomic E-state index is 5.79. The Morgan fingerprint density at radius 1 is 1.00 bits per heavy atom. The largest absolute Gasteiger partial charge is 0.489 e. The Hall–Kier alpha value is -2.89. The van der Waals surface area contributed by atoms with Crippen molar-refractivity contribution < 1.29 is 4.74 Å². The van der Waals surface area contributed by atoms with Crippen molar-refractivity contribution in [1.82, 2.24) is 20.2 Å². The average Bonchev–Trinajstić information content (AvgIpc) is 3.12. The fraction of sp³-hybridized carbons (Fsp3) is 0.316. The van der Waals surface area contributed by atoms with Crippen LogP contribution < -0.4 is 10.1 Å². The van der Waals surface area contributed by atoms with Gasteiger partial charge in [-0.2, -0.15) is 4.80 Å². The van der Waals surface area contributed by atoms with E-state index >= 15 is 0 Å². The molecule has 0 saturated carbocycles. The molecule has 0 aliphatic carbocycles. The molecule has 6 heteroatoms. The molecule has 130 valence electrons. The molecule has 0 aliphatic heterocycles. The second kappa shape index (κ2) is 8.82. The van der Waals surface area contributed by atoms with Crippen LogP contribution in [0.25, 0.3) is 0 Å². The van der Waals surface area contributed by atoms with Gasteiger partial charge < -0.3 is 10.1 Å². The zero-order chi connectivity index (χ0) is 17.3. The molecular formula is C19H23N5O. The van der Waals surface area contributed by atoms with Crippen LogP contribution in [-0.4, -0.2) is 20.2 Å². The number of nitrogens with zero attached hydrogens (tertiary/aromatic N) is 4. The third-order valence-corrected chi connectivity index (χ3v) is 3.79. The van der Waals surface area contributed by atoms with Crippen LogP contribution in [0.5, 0.6) is 5.75 Å². The third-order valence-electron chi connectivity index (χ3n) is 3.79. The van der Waals surface area contributed by atoms with Gasteiger partial charge in [0.25, 0.3) is 5.95 Å². The molecule has 1 N–H and O–H groups in total. The number of aromatic nitrogens is 4. The fourth-order valence-corrected chi connectivity index (χ4v) is 2.33. The SMILES string of the molecule is CCCCn1nnc(NCc2ccc(OCc3ccccc3)cc2)n1. The Bertz CT molecular complexity index is 755. The minimum absolute atomic E-state index is 0.556. The predicted octanol–water partition coefficient (Wildman–Crippen LogP) is 3.66. The van der Waals surface area contributed by atoms with Crippen LogP contribution in [-0.2, 0) is 19.7 Å². The van der Waals surface area contributed by atoms with Gasteiger partial charge in [-0.25, -0.2) is 0 Å². The van der Waals surface area contributed by atoms with Crippen molar-refractivity contribution in [3.8, 4) is 5.75 Å². The van der Waals surface area contributed by atoms with Crippen LogP contribution in [0.15, 0.2) is 54.6 Å². The van der Waals surface area contributed by atoms with E-state index in [0.29, 0.717) is 19.1 Å². The predicted molar refractivity (Wildman–Crippen MR) is 97.3 cm³/mol. The molecule has 0 saturated heterocycles. The van der Waals surface area contributed by atoms with E-state index in [1.807, 2.05) is 42.5 Å². The topological polar surface area (TPSA) is 64.9 Å². The Kier molecular flexibility index (Phi) is 5.98. The lowest BCUT2D eigenvalue weighted by Crippen LogP contribution is -2.04. The molecular weight excluding hydrogens is 314 g/mol. The van der Waals surface area contributed by atoms with Gasteiger partial charge in [-0.1, -0.05) is 60.9 Å². The summed E-state index contributed by atoms with van der Waals surface area (Å²) < 4.78 is 5.79. The highest BCUT2D eigenvalue weighted by Crippen LogP contribution is 2.15. The number of aryl methyl sites for hydroxylation is 1. The molecule has 0 atom stereocenters. The first-order chi connectivity index (χ1) is 12.3. The number of tetrazole rings is 1. The zero-order valence-corrected chi connectivity index (χ0v) is 14.4. The third kappa shape index (κ3) is 5.31. The van der Waals surface area contributed by atoms with Gasteiger partial charge in [-0.15, -0.1) is 5.10 Å². The Morgan fingerprint density at radius 3 is 2.56 bits per heavy atom. The van der Waals surface area contributed by atoms with E-state index in [4.69, 9.17) is 4.74 Å². The molecule has 1 heterocycles.